The quantitative estimate of drug-likeness (QED) is 0.684. The first-order chi connectivity index (χ1) is 7.47. The number of likely N-dealkylation sites (tertiary alicyclic amines) is 1. The van der Waals surface area contributed by atoms with Gasteiger partial charge in [0.25, 0.3) is 0 Å². The van der Waals surface area contributed by atoms with Crippen molar-refractivity contribution in [2.75, 3.05) is 20.1 Å². The third-order valence-corrected chi connectivity index (χ3v) is 3.14. The summed E-state index contributed by atoms with van der Waals surface area (Å²) in [5.74, 6) is -0.128. The molecule has 0 bridgehead atoms. The molecule has 0 saturated carbocycles. The molecule has 1 heterocycles. The normalized spacial score (nSPS) is 22.7. The smallest absolute Gasteiger partial charge is 0.244 e. The van der Waals surface area contributed by atoms with Gasteiger partial charge in [-0.2, -0.15) is 0 Å². The summed E-state index contributed by atoms with van der Waals surface area (Å²) < 4.78 is 0. The summed E-state index contributed by atoms with van der Waals surface area (Å²) in [6.45, 7) is 4.94. The molecule has 1 saturated heterocycles. The van der Waals surface area contributed by atoms with Crippen LogP contribution in [-0.4, -0.2) is 42.9 Å². The van der Waals surface area contributed by atoms with E-state index in [1.165, 1.54) is 0 Å². The Morgan fingerprint density at radius 2 is 2.25 bits per heavy atom. The third-order valence-electron chi connectivity index (χ3n) is 3.14. The van der Waals surface area contributed by atoms with E-state index >= 15 is 0 Å². The van der Waals surface area contributed by atoms with Gasteiger partial charge in [-0.05, 0) is 12.3 Å². The summed E-state index contributed by atoms with van der Waals surface area (Å²) in [5.41, 5.74) is 5.55. The fraction of sp³-hybridized carbons (Fsp3) is 0.818. The van der Waals surface area contributed by atoms with Crippen LogP contribution in [0, 0.1) is 11.8 Å². The molecule has 0 aromatic rings. The number of nitrogens with one attached hydrogen (secondary N) is 1. The Balaban J connectivity index is 2.54. The van der Waals surface area contributed by atoms with Crippen molar-refractivity contribution in [3.8, 4) is 0 Å². The Morgan fingerprint density at radius 3 is 2.62 bits per heavy atom. The van der Waals surface area contributed by atoms with Crippen LogP contribution in [0.3, 0.4) is 0 Å². The molecule has 16 heavy (non-hydrogen) atoms. The molecule has 0 spiro atoms. The molecule has 1 fully saturated rings. The van der Waals surface area contributed by atoms with Gasteiger partial charge in [0.15, 0.2) is 0 Å². The molecule has 92 valence electrons. The van der Waals surface area contributed by atoms with E-state index in [0.29, 0.717) is 19.5 Å². The van der Waals surface area contributed by atoms with Crippen molar-refractivity contribution in [2.24, 2.45) is 17.6 Å². The summed E-state index contributed by atoms with van der Waals surface area (Å²) in [4.78, 5) is 25.1. The van der Waals surface area contributed by atoms with E-state index in [-0.39, 0.29) is 29.7 Å². The first-order valence-electron chi connectivity index (χ1n) is 5.72. The molecule has 0 aromatic heterocycles. The van der Waals surface area contributed by atoms with Crippen LogP contribution in [0.25, 0.3) is 0 Å². The topological polar surface area (TPSA) is 75.4 Å². The van der Waals surface area contributed by atoms with Gasteiger partial charge in [0.1, 0.15) is 6.04 Å². The van der Waals surface area contributed by atoms with Crippen molar-refractivity contribution in [3.05, 3.63) is 0 Å². The number of nitrogens with zero attached hydrogens (tertiary/aromatic N) is 1. The number of hydrogen-bond acceptors (Lipinski definition) is 3. The van der Waals surface area contributed by atoms with Gasteiger partial charge in [0.05, 0.1) is 5.92 Å². The zero-order valence-electron chi connectivity index (χ0n) is 10.2. The van der Waals surface area contributed by atoms with Crippen LogP contribution < -0.4 is 11.1 Å². The summed E-state index contributed by atoms with van der Waals surface area (Å²) in [6.07, 6.45) is 0.691. The second kappa shape index (κ2) is 5.30. The van der Waals surface area contributed by atoms with Crippen LogP contribution in [0.15, 0.2) is 0 Å². The number of carbonyl (C=O) groups excluding carboxylic acids is 2. The van der Waals surface area contributed by atoms with Gasteiger partial charge in [-0.15, -0.1) is 0 Å². The molecule has 0 aromatic carbocycles. The van der Waals surface area contributed by atoms with Gasteiger partial charge in [0.2, 0.25) is 11.8 Å². The van der Waals surface area contributed by atoms with Crippen molar-refractivity contribution >= 4 is 11.8 Å². The predicted molar refractivity (Wildman–Crippen MR) is 61.6 cm³/mol. The van der Waals surface area contributed by atoms with E-state index in [1.54, 1.807) is 11.9 Å². The summed E-state index contributed by atoms with van der Waals surface area (Å²) in [5, 5.41) is 2.78. The lowest BCUT2D eigenvalue weighted by Crippen LogP contribution is -2.46. The van der Waals surface area contributed by atoms with Crippen LogP contribution in [0.2, 0.25) is 0 Å². The number of rotatable bonds is 4. The highest BCUT2D eigenvalue weighted by molar-refractivity contribution is 5.89. The van der Waals surface area contributed by atoms with Crippen LogP contribution >= 0.6 is 0 Å². The maximum Gasteiger partial charge on any atom is 0.244 e. The molecule has 1 aliphatic heterocycles. The molecule has 2 atom stereocenters. The number of hydrogen-bond donors (Lipinski definition) is 2. The minimum absolute atomic E-state index is 0.00659. The molecular formula is C11H21N3O2. The highest BCUT2D eigenvalue weighted by Gasteiger charge is 2.32. The Kier molecular flexibility index (Phi) is 4.29. The molecule has 0 aliphatic carbocycles. The van der Waals surface area contributed by atoms with Gasteiger partial charge >= 0.3 is 0 Å². The zero-order chi connectivity index (χ0) is 12.3. The van der Waals surface area contributed by atoms with Crippen LogP contribution in [-0.2, 0) is 9.59 Å². The van der Waals surface area contributed by atoms with Crippen molar-refractivity contribution in [1.82, 2.24) is 10.2 Å². The van der Waals surface area contributed by atoms with Crippen molar-refractivity contribution < 1.29 is 9.59 Å². The standard InChI is InChI=1S/C11H21N3O2/c1-7(2)8(6-12)10(15)13-9-4-5-14(3)11(9)16/h7-9H,4-6,12H2,1-3H3,(H,13,15). The molecule has 5 nitrogen and oxygen atoms in total. The van der Waals surface area contributed by atoms with Crippen LogP contribution in [0.5, 0.6) is 0 Å². The Hall–Kier alpha value is -1.10. The predicted octanol–water partition coefficient (Wildman–Crippen LogP) is -0.436. The van der Waals surface area contributed by atoms with E-state index in [4.69, 9.17) is 5.73 Å². The van der Waals surface area contributed by atoms with E-state index < -0.39 is 0 Å². The fourth-order valence-electron chi connectivity index (χ4n) is 1.92. The van der Waals surface area contributed by atoms with Gasteiger partial charge in [-0.3, -0.25) is 9.59 Å². The maximum absolute atomic E-state index is 11.9. The minimum atomic E-state index is -0.356. The second-order valence-corrected chi connectivity index (χ2v) is 4.70. The van der Waals surface area contributed by atoms with Crippen LogP contribution in [0.1, 0.15) is 20.3 Å². The molecule has 2 amide bonds. The van der Waals surface area contributed by atoms with Crippen molar-refractivity contribution in [3.63, 3.8) is 0 Å². The number of amides is 2. The molecule has 5 heteroatoms. The van der Waals surface area contributed by atoms with Crippen LogP contribution in [0.4, 0.5) is 0 Å². The van der Waals surface area contributed by atoms with E-state index in [1.807, 2.05) is 13.8 Å². The minimum Gasteiger partial charge on any atom is -0.344 e. The first kappa shape index (κ1) is 13.0. The largest absolute Gasteiger partial charge is 0.344 e. The molecule has 0 radical (unpaired) electrons. The maximum atomic E-state index is 11.9. The first-order valence-corrected chi connectivity index (χ1v) is 5.72. The number of nitrogens with two attached hydrogens (primary N) is 1. The molecule has 3 N–H and O–H groups in total. The monoisotopic (exact) mass is 227 g/mol. The van der Waals surface area contributed by atoms with E-state index in [9.17, 15) is 9.59 Å². The van der Waals surface area contributed by atoms with Gasteiger partial charge < -0.3 is 16.0 Å². The lowest BCUT2D eigenvalue weighted by Gasteiger charge is -2.20. The Bertz CT molecular complexity index is 278. The fourth-order valence-corrected chi connectivity index (χ4v) is 1.92. The second-order valence-electron chi connectivity index (χ2n) is 4.70. The van der Waals surface area contributed by atoms with Crippen molar-refractivity contribution in [2.45, 2.75) is 26.3 Å². The molecule has 2 unspecified atom stereocenters. The van der Waals surface area contributed by atoms with E-state index in [0.717, 1.165) is 0 Å². The Morgan fingerprint density at radius 1 is 1.62 bits per heavy atom. The third kappa shape index (κ3) is 2.72. The number of likely N-dealkylation sites (N-methyl/N-ethyl adjacent to an activating group) is 1. The summed E-state index contributed by atoms with van der Waals surface area (Å²) in [6, 6.07) is -0.356. The van der Waals surface area contributed by atoms with Gasteiger partial charge in [-0.1, -0.05) is 13.8 Å². The molecule has 1 rings (SSSR count). The molecule has 1 aliphatic rings. The Labute approximate surface area is 96.4 Å². The molecular weight excluding hydrogens is 206 g/mol. The van der Waals surface area contributed by atoms with Gasteiger partial charge in [0, 0.05) is 20.1 Å². The zero-order valence-corrected chi connectivity index (χ0v) is 10.2. The highest BCUT2D eigenvalue weighted by atomic mass is 16.2. The summed E-state index contributed by atoms with van der Waals surface area (Å²) >= 11 is 0. The van der Waals surface area contributed by atoms with Crippen molar-refractivity contribution in [1.29, 1.82) is 0 Å². The lowest BCUT2D eigenvalue weighted by molar-refractivity contribution is -0.133. The SMILES string of the molecule is CC(C)C(CN)C(=O)NC1CCN(C)C1=O. The van der Waals surface area contributed by atoms with Gasteiger partial charge in [-0.25, -0.2) is 0 Å². The average Bonchev–Trinajstić information content (AvgIpc) is 2.50. The lowest BCUT2D eigenvalue weighted by atomic mass is 9.95. The number of carbonyl (C=O) groups is 2. The van der Waals surface area contributed by atoms with E-state index in [2.05, 4.69) is 5.32 Å². The average molecular weight is 227 g/mol. The summed E-state index contributed by atoms with van der Waals surface area (Å²) in [7, 11) is 1.75. The highest BCUT2D eigenvalue weighted by Crippen LogP contribution is 2.13.